The second-order valence-corrected chi connectivity index (χ2v) is 8.44. The van der Waals surface area contributed by atoms with Crippen molar-refractivity contribution in [1.29, 1.82) is 0 Å². The highest BCUT2D eigenvalue weighted by Crippen LogP contribution is 2.08. The summed E-state index contributed by atoms with van der Waals surface area (Å²) >= 11 is 0. The number of unbranched alkanes of at least 4 members (excludes halogenated alkanes) is 1. The third-order valence-electron chi connectivity index (χ3n) is 4.97. The average Bonchev–Trinajstić information content (AvgIpc) is 2.76. The first kappa shape index (κ1) is 28.1. The van der Waals surface area contributed by atoms with Crippen LogP contribution in [-0.4, -0.2) is 60.0 Å². The topological polar surface area (TPSA) is 177 Å². The van der Waals surface area contributed by atoms with E-state index in [1.165, 1.54) is 0 Å². The molecular weight excluding hydrogens is 426 g/mol. The molecule has 10 heteroatoms. The van der Waals surface area contributed by atoms with Crippen LogP contribution < -0.4 is 27.4 Å². The van der Waals surface area contributed by atoms with Crippen molar-refractivity contribution in [3.63, 3.8) is 0 Å². The number of rotatable bonds is 15. The third-order valence-corrected chi connectivity index (χ3v) is 4.97. The molecular formula is C23H37N5O5. The molecule has 0 radical (unpaired) electrons. The van der Waals surface area contributed by atoms with Crippen LogP contribution in [0.1, 0.15) is 45.1 Å². The fraction of sp³-hybridized carbons (Fsp3) is 0.565. The predicted octanol–water partition coefficient (Wildman–Crippen LogP) is -0.0981. The smallest absolute Gasteiger partial charge is 0.322 e. The lowest BCUT2D eigenvalue weighted by Gasteiger charge is -2.24. The minimum absolute atomic E-state index is 0.206. The molecule has 1 aromatic rings. The molecule has 1 aromatic carbocycles. The lowest BCUT2D eigenvalue weighted by Crippen LogP contribution is -2.56. The number of hydrogen-bond acceptors (Lipinski definition) is 6. The summed E-state index contributed by atoms with van der Waals surface area (Å²) in [6.07, 6.45) is 2.17. The number of nitrogens with two attached hydrogens (primary N) is 2. The van der Waals surface area contributed by atoms with Crippen LogP contribution in [0, 0.1) is 5.92 Å². The van der Waals surface area contributed by atoms with Crippen LogP contribution >= 0.6 is 0 Å². The Labute approximate surface area is 194 Å². The standard InChI is InChI=1S/C23H37N5O5/c1-15(2)12-17(25)21(31)28-19(13-16-8-4-3-5-9-16)23(33)27-18(10-6-7-11-24)22(32)26-14-20(29)30/h3-5,8-9,15,17-19H,6-7,10-14,24-25H2,1-2H3,(H,26,32)(H,27,33)(H,28,31)(H,29,30). The van der Waals surface area contributed by atoms with E-state index in [9.17, 15) is 19.2 Å². The Morgan fingerprint density at radius 1 is 0.939 bits per heavy atom. The number of nitrogens with one attached hydrogen (secondary N) is 3. The molecule has 0 fully saturated rings. The van der Waals surface area contributed by atoms with Gasteiger partial charge in [-0.15, -0.1) is 0 Å². The normalized spacial score (nSPS) is 13.6. The summed E-state index contributed by atoms with van der Waals surface area (Å²) in [5, 5.41) is 16.5. The van der Waals surface area contributed by atoms with Gasteiger partial charge < -0.3 is 32.5 Å². The summed E-state index contributed by atoms with van der Waals surface area (Å²) in [5.74, 6) is -2.59. The van der Waals surface area contributed by atoms with E-state index in [1.54, 1.807) is 0 Å². The molecule has 3 atom stereocenters. The molecule has 0 heterocycles. The molecule has 10 nitrogen and oxygen atoms in total. The van der Waals surface area contributed by atoms with Gasteiger partial charge in [0.2, 0.25) is 17.7 Å². The highest BCUT2D eigenvalue weighted by atomic mass is 16.4. The van der Waals surface area contributed by atoms with Crippen LogP contribution in [0.15, 0.2) is 30.3 Å². The molecule has 0 saturated carbocycles. The minimum Gasteiger partial charge on any atom is -0.480 e. The molecule has 0 aliphatic carbocycles. The molecule has 0 aliphatic heterocycles. The van der Waals surface area contributed by atoms with E-state index in [1.807, 2.05) is 44.2 Å². The quantitative estimate of drug-likeness (QED) is 0.197. The van der Waals surface area contributed by atoms with E-state index in [0.29, 0.717) is 25.8 Å². The first-order chi connectivity index (χ1) is 15.6. The van der Waals surface area contributed by atoms with Gasteiger partial charge in [-0.1, -0.05) is 44.2 Å². The number of amides is 3. The van der Waals surface area contributed by atoms with Crippen LogP contribution in [-0.2, 0) is 25.6 Å². The van der Waals surface area contributed by atoms with Gasteiger partial charge in [-0.25, -0.2) is 0 Å². The average molecular weight is 464 g/mol. The fourth-order valence-electron chi connectivity index (χ4n) is 3.27. The van der Waals surface area contributed by atoms with Crippen LogP contribution in [0.2, 0.25) is 0 Å². The highest BCUT2D eigenvalue weighted by molar-refractivity contribution is 5.93. The van der Waals surface area contributed by atoms with Crippen LogP contribution in [0.25, 0.3) is 0 Å². The summed E-state index contributed by atoms with van der Waals surface area (Å²) < 4.78 is 0. The highest BCUT2D eigenvalue weighted by Gasteiger charge is 2.28. The van der Waals surface area contributed by atoms with Gasteiger partial charge in [0.1, 0.15) is 18.6 Å². The summed E-state index contributed by atoms with van der Waals surface area (Å²) in [5.41, 5.74) is 12.3. The van der Waals surface area contributed by atoms with Crippen molar-refractivity contribution in [2.75, 3.05) is 13.1 Å². The van der Waals surface area contributed by atoms with Crippen molar-refractivity contribution in [3.05, 3.63) is 35.9 Å². The van der Waals surface area contributed by atoms with Crippen molar-refractivity contribution < 1.29 is 24.3 Å². The zero-order valence-corrected chi connectivity index (χ0v) is 19.4. The van der Waals surface area contributed by atoms with Gasteiger partial charge in [-0.3, -0.25) is 19.2 Å². The first-order valence-corrected chi connectivity index (χ1v) is 11.2. The maximum Gasteiger partial charge on any atom is 0.322 e. The molecule has 0 aliphatic rings. The molecule has 8 N–H and O–H groups in total. The van der Waals surface area contributed by atoms with Crippen molar-refractivity contribution in [2.45, 2.75) is 64.1 Å². The summed E-state index contributed by atoms with van der Waals surface area (Å²) in [6, 6.07) is 6.48. The minimum atomic E-state index is -1.19. The number of carboxylic acid groups (broad SMARTS) is 1. The molecule has 184 valence electrons. The maximum absolute atomic E-state index is 13.1. The van der Waals surface area contributed by atoms with Crippen molar-refractivity contribution in [2.24, 2.45) is 17.4 Å². The Morgan fingerprint density at radius 2 is 1.58 bits per heavy atom. The van der Waals surface area contributed by atoms with Crippen molar-refractivity contribution in [1.82, 2.24) is 16.0 Å². The first-order valence-electron chi connectivity index (χ1n) is 11.2. The largest absolute Gasteiger partial charge is 0.480 e. The van der Waals surface area contributed by atoms with E-state index < -0.39 is 48.4 Å². The van der Waals surface area contributed by atoms with Gasteiger partial charge in [0.15, 0.2) is 0 Å². The number of carbonyl (C=O) groups is 4. The van der Waals surface area contributed by atoms with Gasteiger partial charge in [0, 0.05) is 6.42 Å². The predicted molar refractivity (Wildman–Crippen MR) is 125 cm³/mol. The Bertz CT molecular complexity index is 772. The Kier molecular flexibility index (Phi) is 12.7. The zero-order chi connectivity index (χ0) is 24.8. The van der Waals surface area contributed by atoms with Crippen LogP contribution in [0.5, 0.6) is 0 Å². The van der Waals surface area contributed by atoms with Gasteiger partial charge >= 0.3 is 5.97 Å². The zero-order valence-electron chi connectivity index (χ0n) is 19.4. The molecule has 33 heavy (non-hydrogen) atoms. The van der Waals surface area contributed by atoms with Crippen LogP contribution in [0.4, 0.5) is 0 Å². The van der Waals surface area contributed by atoms with Crippen molar-refractivity contribution in [3.8, 4) is 0 Å². The molecule has 1 rings (SSSR count). The summed E-state index contributed by atoms with van der Waals surface area (Å²) in [7, 11) is 0. The summed E-state index contributed by atoms with van der Waals surface area (Å²) in [6.45, 7) is 3.76. The van der Waals surface area contributed by atoms with E-state index >= 15 is 0 Å². The SMILES string of the molecule is CC(C)CC(N)C(=O)NC(Cc1ccccc1)C(=O)NC(CCCCN)C(=O)NCC(=O)O. The molecule has 3 unspecified atom stereocenters. The van der Waals surface area contributed by atoms with E-state index in [-0.39, 0.29) is 18.8 Å². The Hall–Kier alpha value is -2.98. The number of carbonyl (C=O) groups excluding carboxylic acids is 3. The van der Waals surface area contributed by atoms with E-state index in [2.05, 4.69) is 16.0 Å². The third kappa shape index (κ3) is 11.4. The van der Waals surface area contributed by atoms with Gasteiger partial charge in [-0.05, 0) is 43.7 Å². The molecule has 0 spiro atoms. The van der Waals surface area contributed by atoms with E-state index in [0.717, 1.165) is 5.56 Å². The number of benzene rings is 1. The Balaban J connectivity index is 2.98. The summed E-state index contributed by atoms with van der Waals surface area (Å²) in [4.78, 5) is 49.0. The van der Waals surface area contributed by atoms with Gasteiger partial charge in [-0.2, -0.15) is 0 Å². The monoisotopic (exact) mass is 463 g/mol. The van der Waals surface area contributed by atoms with E-state index in [4.69, 9.17) is 16.6 Å². The molecule has 0 saturated heterocycles. The number of hydrogen-bond donors (Lipinski definition) is 6. The second kappa shape index (κ2) is 15.0. The van der Waals surface area contributed by atoms with Gasteiger partial charge in [0.25, 0.3) is 0 Å². The molecule has 0 aromatic heterocycles. The fourth-order valence-corrected chi connectivity index (χ4v) is 3.27. The lowest BCUT2D eigenvalue weighted by molar-refractivity contribution is -0.138. The molecule has 3 amide bonds. The lowest BCUT2D eigenvalue weighted by atomic mass is 10.0. The maximum atomic E-state index is 13.1. The number of carboxylic acids is 1. The Morgan fingerprint density at radius 3 is 2.15 bits per heavy atom. The van der Waals surface area contributed by atoms with Crippen molar-refractivity contribution >= 4 is 23.7 Å². The second-order valence-electron chi connectivity index (χ2n) is 8.44. The molecule has 0 bridgehead atoms. The number of aliphatic carboxylic acids is 1. The van der Waals surface area contributed by atoms with Crippen LogP contribution in [0.3, 0.4) is 0 Å². The van der Waals surface area contributed by atoms with Gasteiger partial charge in [0.05, 0.1) is 6.04 Å².